The van der Waals surface area contributed by atoms with E-state index < -0.39 is 5.97 Å². The minimum atomic E-state index is -1.06. The summed E-state index contributed by atoms with van der Waals surface area (Å²) in [4.78, 5) is 41.0. The van der Waals surface area contributed by atoms with E-state index in [1.165, 1.54) is 11.0 Å². The lowest BCUT2D eigenvalue weighted by atomic mass is 9.85. The number of fused-ring (bicyclic) bond motifs is 1. The summed E-state index contributed by atoms with van der Waals surface area (Å²) in [5.74, 6) is -1.48. The number of aromatic carboxylic acids is 1. The van der Waals surface area contributed by atoms with E-state index in [0.717, 1.165) is 31.6 Å². The molecule has 0 saturated carbocycles. The van der Waals surface area contributed by atoms with Crippen LogP contribution in [0.4, 0.5) is 11.4 Å². The predicted molar refractivity (Wildman–Crippen MR) is 102 cm³/mol. The van der Waals surface area contributed by atoms with Gasteiger partial charge in [0.15, 0.2) is 0 Å². The zero-order chi connectivity index (χ0) is 19.1. The van der Waals surface area contributed by atoms with Gasteiger partial charge in [-0.2, -0.15) is 0 Å². The quantitative estimate of drug-likeness (QED) is 0.655. The van der Waals surface area contributed by atoms with E-state index in [1.807, 2.05) is 12.2 Å². The van der Waals surface area contributed by atoms with Gasteiger partial charge < -0.3 is 10.0 Å². The minimum absolute atomic E-state index is 0.0905. The van der Waals surface area contributed by atoms with E-state index in [1.54, 1.807) is 12.1 Å². The molecule has 142 valence electrons. The molecule has 0 radical (unpaired) electrons. The van der Waals surface area contributed by atoms with Crippen molar-refractivity contribution in [2.45, 2.75) is 32.6 Å². The second kappa shape index (κ2) is 6.83. The third-order valence-corrected chi connectivity index (χ3v) is 6.10. The summed E-state index contributed by atoms with van der Waals surface area (Å²) in [5.41, 5.74) is 1.29. The second-order valence-corrected chi connectivity index (χ2v) is 7.85. The van der Waals surface area contributed by atoms with Gasteiger partial charge in [0.05, 0.1) is 28.8 Å². The number of anilines is 2. The number of nitrogens with zero attached hydrogens (tertiary/aromatic N) is 2. The first-order chi connectivity index (χ1) is 13.0. The Hall–Kier alpha value is -2.63. The standard InChI is InChI=1S/C21H24N2O4/c1-13-8-10-22(11-9-13)17-7-6-14(21(26)27)12-18(17)23-19(24)15-4-2-3-5-16(15)20(23)25/h2-3,6-7,12-13,15-16H,4-5,8-11H2,1H3,(H,26,27)/t15-,16+. The molecule has 0 spiro atoms. The predicted octanol–water partition coefficient (Wildman–Crippen LogP) is 3.08. The molecule has 0 bridgehead atoms. The van der Waals surface area contributed by atoms with Crippen molar-refractivity contribution < 1.29 is 19.5 Å². The summed E-state index contributed by atoms with van der Waals surface area (Å²) in [7, 11) is 0. The van der Waals surface area contributed by atoms with Crippen LogP contribution in [0.5, 0.6) is 0 Å². The topological polar surface area (TPSA) is 77.9 Å². The molecule has 2 aliphatic heterocycles. The smallest absolute Gasteiger partial charge is 0.335 e. The number of carbonyl (C=O) groups is 3. The number of imide groups is 1. The first kappa shape index (κ1) is 17.8. The molecule has 2 amide bonds. The molecule has 1 aliphatic carbocycles. The van der Waals surface area contributed by atoms with Crippen LogP contribution in [0.15, 0.2) is 30.4 Å². The summed E-state index contributed by atoms with van der Waals surface area (Å²) in [6.07, 6.45) is 7.13. The molecule has 1 aromatic rings. The first-order valence-corrected chi connectivity index (χ1v) is 9.62. The molecule has 6 nitrogen and oxygen atoms in total. The molecule has 4 rings (SSSR count). The van der Waals surface area contributed by atoms with Crippen LogP contribution in [-0.4, -0.2) is 36.0 Å². The molecule has 2 fully saturated rings. The number of rotatable bonds is 3. The molecule has 0 unspecified atom stereocenters. The Kier molecular flexibility index (Phi) is 4.50. The fraction of sp³-hybridized carbons (Fsp3) is 0.476. The Bertz CT molecular complexity index is 797. The summed E-state index contributed by atoms with van der Waals surface area (Å²) in [6.45, 7) is 3.90. The number of piperidine rings is 1. The zero-order valence-corrected chi connectivity index (χ0v) is 15.4. The van der Waals surface area contributed by atoms with E-state index in [-0.39, 0.29) is 29.2 Å². The molecule has 3 aliphatic rings. The van der Waals surface area contributed by atoms with Gasteiger partial charge in [0.25, 0.3) is 0 Å². The molecule has 2 saturated heterocycles. The van der Waals surface area contributed by atoms with Gasteiger partial charge in [-0.1, -0.05) is 19.1 Å². The number of benzene rings is 1. The molecule has 1 aromatic carbocycles. The fourth-order valence-corrected chi connectivity index (χ4v) is 4.39. The van der Waals surface area contributed by atoms with Crippen LogP contribution in [0.1, 0.15) is 43.0 Å². The maximum atomic E-state index is 13.0. The molecular formula is C21H24N2O4. The molecule has 0 aromatic heterocycles. The summed E-state index contributed by atoms with van der Waals surface area (Å²) >= 11 is 0. The van der Waals surface area contributed by atoms with Crippen molar-refractivity contribution in [2.24, 2.45) is 17.8 Å². The molecule has 6 heteroatoms. The maximum Gasteiger partial charge on any atom is 0.335 e. The van der Waals surface area contributed by atoms with Gasteiger partial charge in [0.2, 0.25) is 11.8 Å². The fourth-order valence-electron chi connectivity index (χ4n) is 4.39. The SMILES string of the molecule is CC1CCN(c2ccc(C(=O)O)cc2N2C(=O)[C@H]3CC=CC[C@H]3C2=O)CC1. The third kappa shape index (κ3) is 3.03. The Balaban J connectivity index is 1.76. The van der Waals surface area contributed by atoms with Gasteiger partial charge >= 0.3 is 5.97 Å². The first-order valence-electron chi connectivity index (χ1n) is 9.62. The average Bonchev–Trinajstić information content (AvgIpc) is 2.93. The lowest BCUT2D eigenvalue weighted by Gasteiger charge is -2.34. The van der Waals surface area contributed by atoms with Crippen molar-refractivity contribution in [3.05, 3.63) is 35.9 Å². The Morgan fingerprint density at radius 2 is 1.59 bits per heavy atom. The highest BCUT2D eigenvalue weighted by atomic mass is 16.4. The molecule has 1 N–H and O–H groups in total. The number of carbonyl (C=O) groups excluding carboxylic acids is 2. The van der Waals surface area contributed by atoms with Gasteiger partial charge in [-0.3, -0.25) is 9.59 Å². The van der Waals surface area contributed by atoms with Crippen LogP contribution >= 0.6 is 0 Å². The summed E-state index contributed by atoms with van der Waals surface area (Å²) in [5, 5.41) is 9.41. The second-order valence-electron chi connectivity index (χ2n) is 7.85. The number of amides is 2. The lowest BCUT2D eigenvalue weighted by Crippen LogP contribution is -2.37. The Morgan fingerprint density at radius 3 is 2.15 bits per heavy atom. The molecule has 2 atom stereocenters. The highest BCUT2D eigenvalue weighted by Crippen LogP contribution is 2.42. The van der Waals surface area contributed by atoms with E-state index in [0.29, 0.717) is 24.4 Å². The largest absolute Gasteiger partial charge is 0.478 e. The van der Waals surface area contributed by atoms with Crippen LogP contribution in [-0.2, 0) is 9.59 Å². The van der Waals surface area contributed by atoms with Crippen molar-refractivity contribution in [3.8, 4) is 0 Å². The van der Waals surface area contributed by atoms with Crippen molar-refractivity contribution in [1.82, 2.24) is 0 Å². The number of allylic oxidation sites excluding steroid dienone is 2. The average molecular weight is 368 g/mol. The Labute approximate surface area is 158 Å². The van der Waals surface area contributed by atoms with Gasteiger partial charge in [0.1, 0.15) is 0 Å². The third-order valence-electron chi connectivity index (χ3n) is 6.10. The number of carboxylic acids is 1. The maximum absolute atomic E-state index is 13.0. The van der Waals surface area contributed by atoms with Crippen LogP contribution in [0, 0.1) is 17.8 Å². The van der Waals surface area contributed by atoms with Crippen molar-refractivity contribution in [2.75, 3.05) is 22.9 Å². The summed E-state index contributed by atoms with van der Waals surface area (Å²) < 4.78 is 0. The molecular weight excluding hydrogens is 344 g/mol. The highest BCUT2D eigenvalue weighted by molar-refractivity contribution is 6.23. The van der Waals surface area contributed by atoms with E-state index in [9.17, 15) is 19.5 Å². The molecule has 27 heavy (non-hydrogen) atoms. The van der Waals surface area contributed by atoms with Crippen LogP contribution in [0.3, 0.4) is 0 Å². The van der Waals surface area contributed by atoms with Gasteiger partial charge in [-0.15, -0.1) is 0 Å². The lowest BCUT2D eigenvalue weighted by molar-refractivity contribution is -0.122. The zero-order valence-electron chi connectivity index (χ0n) is 15.4. The van der Waals surface area contributed by atoms with E-state index in [2.05, 4.69) is 11.8 Å². The minimum Gasteiger partial charge on any atom is -0.478 e. The van der Waals surface area contributed by atoms with E-state index in [4.69, 9.17) is 0 Å². The monoisotopic (exact) mass is 368 g/mol. The van der Waals surface area contributed by atoms with Gasteiger partial charge in [-0.05, 0) is 49.8 Å². The van der Waals surface area contributed by atoms with Crippen molar-refractivity contribution >= 4 is 29.2 Å². The normalized spacial score (nSPS) is 25.8. The molecule has 2 heterocycles. The number of hydrogen-bond acceptors (Lipinski definition) is 4. The van der Waals surface area contributed by atoms with Crippen LogP contribution in [0.2, 0.25) is 0 Å². The number of hydrogen-bond donors (Lipinski definition) is 1. The van der Waals surface area contributed by atoms with Crippen molar-refractivity contribution in [3.63, 3.8) is 0 Å². The van der Waals surface area contributed by atoms with Gasteiger partial charge in [-0.25, -0.2) is 9.69 Å². The van der Waals surface area contributed by atoms with Crippen LogP contribution < -0.4 is 9.80 Å². The van der Waals surface area contributed by atoms with Crippen LogP contribution in [0.25, 0.3) is 0 Å². The van der Waals surface area contributed by atoms with E-state index >= 15 is 0 Å². The van der Waals surface area contributed by atoms with Gasteiger partial charge in [0, 0.05) is 13.1 Å². The highest BCUT2D eigenvalue weighted by Gasteiger charge is 2.48. The van der Waals surface area contributed by atoms with Crippen molar-refractivity contribution in [1.29, 1.82) is 0 Å². The summed E-state index contributed by atoms with van der Waals surface area (Å²) in [6, 6.07) is 4.78. The Morgan fingerprint density at radius 1 is 1.00 bits per heavy atom. The number of carboxylic acid groups (broad SMARTS) is 1.